The first-order valence-corrected chi connectivity index (χ1v) is 10.7. The van der Waals surface area contributed by atoms with Gasteiger partial charge in [0.1, 0.15) is 24.2 Å². The minimum Gasteiger partial charge on any atom is -0.508 e. The first kappa shape index (κ1) is 22.0. The normalized spacial score (nSPS) is 12.7. The number of phenols is 1. The number of anilines is 1. The van der Waals surface area contributed by atoms with Crippen molar-refractivity contribution in [1.29, 1.82) is 0 Å². The van der Waals surface area contributed by atoms with Crippen LogP contribution in [-0.2, 0) is 16.4 Å². The van der Waals surface area contributed by atoms with Gasteiger partial charge in [-0.3, -0.25) is 4.72 Å². The fraction of sp³-hybridized carbons (Fsp3) is 0.400. The molecule has 8 heteroatoms. The molecule has 0 aliphatic rings. The molecule has 0 spiro atoms. The molecule has 0 saturated heterocycles. The predicted molar refractivity (Wildman–Crippen MR) is 110 cm³/mol. The molecule has 154 valence electrons. The Morgan fingerprint density at radius 2 is 1.68 bits per heavy atom. The fourth-order valence-corrected chi connectivity index (χ4v) is 3.02. The van der Waals surface area contributed by atoms with E-state index in [-0.39, 0.29) is 12.4 Å². The van der Waals surface area contributed by atoms with Gasteiger partial charge in [0, 0.05) is 12.2 Å². The van der Waals surface area contributed by atoms with E-state index < -0.39 is 21.4 Å². The number of benzene rings is 2. The summed E-state index contributed by atoms with van der Waals surface area (Å²) < 4.78 is 31.7. The third-order valence-electron chi connectivity index (χ3n) is 4.08. The van der Waals surface area contributed by atoms with Gasteiger partial charge in [-0.25, -0.2) is 8.42 Å². The van der Waals surface area contributed by atoms with Gasteiger partial charge in [0.15, 0.2) is 0 Å². The quantitative estimate of drug-likeness (QED) is 0.424. The minimum atomic E-state index is -3.34. The Bertz CT molecular complexity index is 821. The summed E-state index contributed by atoms with van der Waals surface area (Å²) in [6.45, 7) is 4.49. The molecule has 0 aromatic heterocycles. The number of nitrogens with one attached hydrogen (secondary N) is 2. The molecule has 0 radical (unpaired) electrons. The number of aromatic hydroxyl groups is 1. The van der Waals surface area contributed by atoms with Crippen LogP contribution in [-0.4, -0.2) is 49.7 Å². The molecular weight excluding hydrogens is 380 g/mol. The van der Waals surface area contributed by atoms with Crippen molar-refractivity contribution < 1.29 is 23.4 Å². The van der Waals surface area contributed by atoms with Gasteiger partial charge in [0.2, 0.25) is 10.0 Å². The summed E-state index contributed by atoms with van der Waals surface area (Å²) in [5, 5.41) is 21.8. The number of rotatable bonds is 11. The van der Waals surface area contributed by atoms with Gasteiger partial charge in [-0.05, 0) is 68.8 Å². The summed E-state index contributed by atoms with van der Waals surface area (Å²) >= 11 is 0. The Kier molecular flexibility index (Phi) is 8.10. The van der Waals surface area contributed by atoms with Crippen molar-refractivity contribution in [3.05, 3.63) is 54.1 Å². The van der Waals surface area contributed by atoms with Gasteiger partial charge < -0.3 is 20.3 Å². The summed E-state index contributed by atoms with van der Waals surface area (Å²) in [5.41, 5.74) is 1.61. The molecule has 4 N–H and O–H groups in total. The number of aliphatic hydroxyl groups excluding tert-OH is 1. The molecule has 2 aromatic carbocycles. The second kappa shape index (κ2) is 10.3. The first-order chi connectivity index (χ1) is 13.3. The van der Waals surface area contributed by atoms with Gasteiger partial charge in [-0.1, -0.05) is 12.1 Å². The van der Waals surface area contributed by atoms with Crippen LogP contribution in [0.5, 0.6) is 11.5 Å². The lowest BCUT2D eigenvalue weighted by Gasteiger charge is -2.14. The van der Waals surface area contributed by atoms with Crippen LogP contribution >= 0.6 is 0 Å². The number of ether oxygens (including phenoxy) is 1. The highest BCUT2D eigenvalue weighted by Gasteiger charge is 2.15. The molecule has 0 amide bonds. The Balaban J connectivity index is 1.66. The molecule has 1 atom stereocenters. The smallest absolute Gasteiger partial charge is 0.235 e. The van der Waals surface area contributed by atoms with Crippen molar-refractivity contribution in [2.45, 2.75) is 31.6 Å². The third-order valence-corrected chi connectivity index (χ3v) is 5.85. The lowest BCUT2D eigenvalue weighted by Crippen LogP contribution is -2.32. The fourth-order valence-electron chi connectivity index (χ4n) is 2.32. The second-order valence-corrected chi connectivity index (χ2v) is 9.04. The van der Waals surface area contributed by atoms with E-state index in [1.807, 2.05) is 12.1 Å². The Morgan fingerprint density at radius 1 is 1.04 bits per heavy atom. The summed E-state index contributed by atoms with van der Waals surface area (Å²) in [5.74, 6) is 0.755. The molecular formula is C20H28N2O5S. The van der Waals surface area contributed by atoms with E-state index in [1.54, 1.807) is 38.1 Å². The standard InChI is InChI=1S/C20H28N2O5S/c1-15(2)28(25,26)22-17-5-3-16(4-6-17)11-12-21-13-19(24)14-27-20-9-7-18(23)8-10-20/h3-10,15,19,21-24H,11-14H2,1-2H3/t19-/m0/s1. The van der Waals surface area contributed by atoms with Crippen LogP contribution in [0.2, 0.25) is 0 Å². The summed E-state index contributed by atoms with van der Waals surface area (Å²) in [4.78, 5) is 0. The molecule has 7 nitrogen and oxygen atoms in total. The highest BCUT2D eigenvalue weighted by Crippen LogP contribution is 2.16. The monoisotopic (exact) mass is 408 g/mol. The van der Waals surface area contributed by atoms with E-state index in [1.165, 1.54) is 12.1 Å². The Labute approximate surface area is 166 Å². The maximum Gasteiger partial charge on any atom is 0.235 e. The minimum absolute atomic E-state index is 0.155. The van der Waals surface area contributed by atoms with Gasteiger partial charge in [-0.2, -0.15) is 0 Å². The molecule has 0 saturated carbocycles. The molecule has 0 aliphatic heterocycles. The lowest BCUT2D eigenvalue weighted by molar-refractivity contribution is 0.106. The average molecular weight is 409 g/mol. The highest BCUT2D eigenvalue weighted by atomic mass is 32.2. The molecule has 2 rings (SSSR count). The van der Waals surface area contributed by atoms with Gasteiger partial charge >= 0.3 is 0 Å². The maximum atomic E-state index is 11.9. The first-order valence-electron chi connectivity index (χ1n) is 9.17. The van der Waals surface area contributed by atoms with Crippen molar-refractivity contribution in [2.75, 3.05) is 24.4 Å². The maximum absolute atomic E-state index is 11.9. The molecule has 0 fully saturated rings. The van der Waals surface area contributed by atoms with Gasteiger partial charge in [0.25, 0.3) is 0 Å². The van der Waals surface area contributed by atoms with Gasteiger partial charge in [-0.15, -0.1) is 0 Å². The van der Waals surface area contributed by atoms with Crippen molar-refractivity contribution in [1.82, 2.24) is 5.32 Å². The Hall–Kier alpha value is -2.29. The summed E-state index contributed by atoms with van der Waals surface area (Å²) in [7, 11) is -3.34. The topological polar surface area (TPSA) is 108 Å². The van der Waals surface area contributed by atoms with Crippen molar-refractivity contribution in [3.8, 4) is 11.5 Å². The van der Waals surface area contributed by atoms with E-state index in [9.17, 15) is 18.6 Å². The van der Waals surface area contributed by atoms with Crippen LogP contribution in [0.1, 0.15) is 19.4 Å². The number of hydrogen-bond donors (Lipinski definition) is 4. The molecule has 0 heterocycles. The van der Waals surface area contributed by atoms with Crippen molar-refractivity contribution >= 4 is 15.7 Å². The zero-order valence-corrected chi connectivity index (χ0v) is 16.9. The molecule has 28 heavy (non-hydrogen) atoms. The molecule has 0 bridgehead atoms. The predicted octanol–water partition coefficient (Wildman–Crippen LogP) is 2.11. The van der Waals surface area contributed by atoms with E-state index in [2.05, 4.69) is 10.0 Å². The number of hydrogen-bond acceptors (Lipinski definition) is 6. The Morgan fingerprint density at radius 3 is 2.29 bits per heavy atom. The van der Waals surface area contributed by atoms with E-state index in [0.717, 1.165) is 12.0 Å². The van der Waals surface area contributed by atoms with Crippen LogP contribution in [0.15, 0.2) is 48.5 Å². The van der Waals surface area contributed by atoms with Crippen LogP contribution in [0.3, 0.4) is 0 Å². The van der Waals surface area contributed by atoms with E-state index in [0.29, 0.717) is 24.5 Å². The number of phenolic OH excluding ortho intramolecular Hbond substituents is 1. The SMILES string of the molecule is CC(C)S(=O)(=O)Nc1ccc(CCNC[C@H](O)COc2ccc(O)cc2)cc1. The average Bonchev–Trinajstić information content (AvgIpc) is 2.65. The van der Waals surface area contributed by atoms with Crippen molar-refractivity contribution in [2.24, 2.45) is 0 Å². The molecule has 0 aliphatic carbocycles. The third kappa shape index (κ3) is 7.38. The second-order valence-electron chi connectivity index (χ2n) is 6.81. The summed E-state index contributed by atoms with van der Waals surface area (Å²) in [6.07, 6.45) is 0.101. The van der Waals surface area contributed by atoms with Crippen LogP contribution in [0.25, 0.3) is 0 Å². The number of sulfonamides is 1. The summed E-state index contributed by atoms with van der Waals surface area (Å²) in [6, 6.07) is 13.6. The van der Waals surface area contributed by atoms with Crippen molar-refractivity contribution in [3.63, 3.8) is 0 Å². The van der Waals surface area contributed by atoms with E-state index in [4.69, 9.17) is 4.74 Å². The lowest BCUT2D eigenvalue weighted by atomic mass is 10.1. The highest BCUT2D eigenvalue weighted by molar-refractivity contribution is 7.93. The largest absolute Gasteiger partial charge is 0.508 e. The number of aliphatic hydroxyl groups is 1. The van der Waals surface area contributed by atoms with Crippen LogP contribution in [0, 0.1) is 0 Å². The molecule has 2 aromatic rings. The van der Waals surface area contributed by atoms with E-state index >= 15 is 0 Å². The zero-order chi connectivity index (χ0) is 20.6. The van der Waals surface area contributed by atoms with Crippen LogP contribution < -0.4 is 14.8 Å². The molecule has 0 unspecified atom stereocenters. The van der Waals surface area contributed by atoms with Gasteiger partial charge in [0.05, 0.1) is 5.25 Å². The zero-order valence-electron chi connectivity index (χ0n) is 16.1. The van der Waals surface area contributed by atoms with Crippen LogP contribution in [0.4, 0.5) is 5.69 Å².